The third-order valence-corrected chi connectivity index (χ3v) is 4.38. The van der Waals surface area contributed by atoms with E-state index in [1.807, 2.05) is 0 Å². The Bertz CT molecular complexity index is 557. The third-order valence-electron chi connectivity index (χ3n) is 3.36. The van der Waals surface area contributed by atoms with Crippen molar-refractivity contribution in [3.8, 4) is 0 Å². The van der Waals surface area contributed by atoms with Gasteiger partial charge in [-0.2, -0.15) is 4.98 Å². The van der Waals surface area contributed by atoms with E-state index in [0.29, 0.717) is 18.0 Å². The predicted octanol–water partition coefficient (Wildman–Crippen LogP) is -0.0475. The molecule has 1 heterocycles. The Kier molecular flexibility index (Phi) is 5.19. The van der Waals surface area contributed by atoms with Crippen LogP contribution in [0.15, 0.2) is 9.82 Å². The van der Waals surface area contributed by atoms with Crippen LogP contribution in [-0.4, -0.2) is 40.0 Å². The average Bonchev–Trinajstić information content (AvgIpc) is 2.93. The molecule has 0 aromatic carbocycles. The van der Waals surface area contributed by atoms with E-state index in [1.54, 1.807) is 11.6 Å². The molecule has 6 nitrogen and oxygen atoms in total. The normalized spacial score (nSPS) is 13.3. The van der Waals surface area contributed by atoms with Gasteiger partial charge in [-0.25, -0.2) is 4.79 Å². The number of aliphatic hydroxyl groups excluding tert-OH is 1. The maximum absolute atomic E-state index is 12.1. The van der Waals surface area contributed by atoms with Crippen molar-refractivity contribution < 1.29 is 9.90 Å². The number of hydrogen-bond acceptors (Lipinski definition) is 5. The summed E-state index contributed by atoms with van der Waals surface area (Å²) in [4.78, 5) is 27.5. The van der Waals surface area contributed by atoms with Gasteiger partial charge in [0.25, 0.3) is 0 Å². The second-order valence-corrected chi connectivity index (χ2v) is 5.63. The number of hydrogen-bond donors (Lipinski definition) is 2. The van der Waals surface area contributed by atoms with Gasteiger partial charge in [0.05, 0.1) is 5.75 Å². The highest BCUT2D eigenvalue weighted by Crippen LogP contribution is 2.29. The molecule has 0 fully saturated rings. The molecule has 1 aromatic heterocycles. The number of rotatable bonds is 6. The van der Waals surface area contributed by atoms with Gasteiger partial charge < -0.3 is 10.4 Å². The predicted molar refractivity (Wildman–Crippen MR) is 77.0 cm³/mol. The van der Waals surface area contributed by atoms with Crippen LogP contribution in [0.1, 0.15) is 24.1 Å². The van der Waals surface area contributed by atoms with Crippen molar-refractivity contribution in [1.82, 2.24) is 14.9 Å². The highest BCUT2D eigenvalue weighted by molar-refractivity contribution is 7.99. The molecule has 20 heavy (non-hydrogen) atoms. The van der Waals surface area contributed by atoms with Crippen LogP contribution in [0.5, 0.6) is 0 Å². The second kappa shape index (κ2) is 6.90. The fraction of sp³-hybridized carbons (Fsp3) is 0.615. The van der Waals surface area contributed by atoms with Crippen LogP contribution >= 0.6 is 11.8 Å². The molecule has 2 N–H and O–H groups in total. The molecule has 0 saturated heterocycles. The largest absolute Gasteiger partial charge is 0.396 e. The minimum Gasteiger partial charge on any atom is -0.396 e. The minimum atomic E-state index is -0.279. The first-order valence-electron chi connectivity index (χ1n) is 6.74. The molecule has 0 atom stereocenters. The van der Waals surface area contributed by atoms with Crippen LogP contribution in [0, 0.1) is 0 Å². The topological polar surface area (TPSA) is 84.2 Å². The van der Waals surface area contributed by atoms with Crippen molar-refractivity contribution in [2.45, 2.75) is 37.3 Å². The lowest BCUT2D eigenvalue weighted by Gasteiger charge is -2.13. The van der Waals surface area contributed by atoms with Crippen molar-refractivity contribution in [1.29, 1.82) is 0 Å². The monoisotopic (exact) mass is 297 g/mol. The number of aromatic nitrogens is 2. The van der Waals surface area contributed by atoms with Crippen LogP contribution in [-0.2, 0) is 24.2 Å². The van der Waals surface area contributed by atoms with E-state index >= 15 is 0 Å². The Hall–Kier alpha value is -1.34. The number of thioether (sulfide) groups is 1. The lowest BCUT2D eigenvalue weighted by molar-refractivity contribution is -0.118. The summed E-state index contributed by atoms with van der Waals surface area (Å²) in [6.07, 6.45) is 3.33. The molecule has 0 saturated carbocycles. The Morgan fingerprint density at radius 2 is 2.30 bits per heavy atom. The first kappa shape index (κ1) is 15.1. The van der Waals surface area contributed by atoms with Gasteiger partial charge in [-0.15, -0.1) is 0 Å². The molecule has 1 amide bonds. The van der Waals surface area contributed by atoms with Crippen LogP contribution < -0.4 is 11.0 Å². The minimum absolute atomic E-state index is 0.0639. The fourth-order valence-corrected chi connectivity index (χ4v) is 3.32. The molecular formula is C13H19N3O3S. The maximum atomic E-state index is 12.1. The van der Waals surface area contributed by atoms with Gasteiger partial charge >= 0.3 is 5.69 Å². The third kappa shape index (κ3) is 3.21. The zero-order valence-corrected chi connectivity index (χ0v) is 12.3. The van der Waals surface area contributed by atoms with E-state index in [4.69, 9.17) is 5.11 Å². The average molecular weight is 297 g/mol. The Morgan fingerprint density at radius 1 is 1.50 bits per heavy atom. The van der Waals surface area contributed by atoms with Gasteiger partial charge in [0, 0.05) is 31.5 Å². The van der Waals surface area contributed by atoms with Crippen LogP contribution in [0.3, 0.4) is 0 Å². The van der Waals surface area contributed by atoms with E-state index in [2.05, 4.69) is 10.3 Å². The van der Waals surface area contributed by atoms with Crippen LogP contribution in [0.4, 0.5) is 0 Å². The summed E-state index contributed by atoms with van der Waals surface area (Å²) in [5, 5.41) is 12.2. The van der Waals surface area contributed by atoms with Crippen molar-refractivity contribution in [3.63, 3.8) is 0 Å². The molecule has 1 aliphatic carbocycles. The van der Waals surface area contributed by atoms with Gasteiger partial charge in [-0.3, -0.25) is 9.36 Å². The Morgan fingerprint density at radius 3 is 3.00 bits per heavy atom. The Labute approximate surface area is 121 Å². The molecule has 0 unspecified atom stereocenters. The summed E-state index contributed by atoms with van der Waals surface area (Å²) >= 11 is 1.32. The fourth-order valence-electron chi connectivity index (χ4n) is 2.37. The summed E-state index contributed by atoms with van der Waals surface area (Å²) in [7, 11) is 1.59. The van der Waals surface area contributed by atoms with E-state index < -0.39 is 0 Å². The summed E-state index contributed by atoms with van der Waals surface area (Å²) in [6.45, 7) is 0.569. The quantitative estimate of drug-likeness (QED) is 0.568. The highest BCUT2D eigenvalue weighted by atomic mass is 32.2. The summed E-state index contributed by atoms with van der Waals surface area (Å²) in [6, 6.07) is 0. The zero-order chi connectivity index (χ0) is 14.5. The molecule has 2 rings (SSSR count). The number of amides is 1. The van der Waals surface area contributed by atoms with Crippen molar-refractivity contribution in [3.05, 3.63) is 21.7 Å². The zero-order valence-electron chi connectivity index (χ0n) is 11.5. The first-order valence-corrected chi connectivity index (χ1v) is 7.72. The number of aliphatic hydroxyl groups is 1. The molecule has 1 aliphatic rings. The summed E-state index contributed by atoms with van der Waals surface area (Å²) in [5.41, 5.74) is 1.84. The Balaban J connectivity index is 2.27. The van der Waals surface area contributed by atoms with E-state index in [1.165, 1.54) is 11.8 Å². The molecule has 110 valence electrons. The number of nitrogens with one attached hydrogen (secondary N) is 1. The molecule has 7 heteroatoms. The van der Waals surface area contributed by atoms with E-state index in [-0.39, 0.29) is 24.0 Å². The molecule has 0 bridgehead atoms. The molecule has 1 aromatic rings. The van der Waals surface area contributed by atoms with Gasteiger partial charge in [0.2, 0.25) is 5.91 Å². The first-order chi connectivity index (χ1) is 9.67. The lowest BCUT2D eigenvalue weighted by Crippen LogP contribution is -2.28. The van der Waals surface area contributed by atoms with E-state index in [9.17, 15) is 9.59 Å². The standard InChI is InChI=1S/C13H19N3O3S/c1-14-11(18)8-20-12-9-4-2-5-10(9)16(6-3-7-17)13(19)15-12/h17H,2-8H2,1H3,(H,14,18). The van der Waals surface area contributed by atoms with Gasteiger partial charge in [0.15, 0.2) is 0 Å². The van der Waals surface area contributed by atoms with Gasteiger partial charge in [0.1, 0.15) is 5.03 Å². The molecule has 0 spiro atoms. The van der Waals surface area contributed by atoms with Crippen molar-refractivity contribution >= 4 is 17.7 Å². The highest BCUT2D eigenvalue weighted by Gasteiger charge is 2.22. The van der Waals surface area contributed by atoms with Gasteiger partial charge in [-0.05, 0) is 25.7 Å². The second-order valence-electron chi connectivity index (χ2n) is 4.67. The number of nitrogens with zero attached hydrogens (tertiary/aromatic N) is 2. The lowest BCUT2D eigenvalue weighted by atomic mass is 10.2. The van der Waals surface area contributed by atoms with Crippen LogP contribution in [0.25, 0.3) is 0 Å². The SMILES string of the molecule is CNC(=O)CSc1nc(=O)n(CCCO)c2c1CCC2. The molecular weight excluding hydrogens is 278 g/mol. The van der Waals surface area contributed by atoms with Crippen LogP contribution in [0.2, 0.25) is 0 Å². The smallest absolute Gasteiger partial charge is 0.348 e. The van der Waals surface area contributed by atoms with E-state index in [0.717, 1.165) is 30.5 Å². The van der Waals surface area contributed by atoms with Crippen molar-refractivity contribution in [2.75, 3.05) is 19.4 Å². The number of carbonyl (C=O) groups is 1. The number of fused-ring (bicyclic) bond motifs is 1. The summed E-state index contributed by atoms with van der Waals surface area (Å²) < 4.78 is 1.67. The number of carbonyl (C=O) groups excluding carboxylic acids is 1. The molecule has 0 radical (unpaired) electrons. The van der Waals surface area contributed by atoms with Gasteiger partial charge in [-0.1, -0.05) is 11.8 Å². The van der Waals surface area contributed by atoms with Crippen molar-refractivity contribution in [2.24, 2.45) is 0 Å². The summed E-state index contributed by atoms with van der Waals surface area (Å²) in [5.74, 6) is 0.198. The maximum Gasteiger partial charge on any atom is 0.348 e. The molecule has 0 aliphatic heterocycles.